The van der Waals surface area contributed by atoms with Crippen LogP contribution < -0.4 is 9.64 Å². The van der Waals surface area contributed by atoms with E-state index in [-0.39, 0.29) is 24.8 Å². The molecule has 2 fully saturated rings. The molecule has 0 amide bonds. The molecule has 2 aliphatic rings. The van der Waals surface area contributed by atoms with E-state index in [9.17, 15) is 0 Å². The smallest absolute Gasteiger partial charge is 0.140 e. The molecule has 3 aromatic carbocycles. The molecule has 1 saturated heterocycles. The zero-order valence-corrected chi connectivity index (χ0v) is 28.9. The Kier molecular flexibility index (Phi) is 11.9. The van der Waals surface area contributed by atoms with Crippen LogP contribution in [0.15, 0.2) is 86.0 Å². The SMILES string of the molecule is Brc1ccc(OCc2nc(-c3ccc(N=Cc4ccc(N5CCC6(CCCCC6)CC5)cc4)cc3)cs2)c(Br)c1.Cl.Cl. The van der Waals surface area contributed by atoms with Crippen molar-refractivity contribution in [1.82, 2.24) is 4.98 Å². The highest BCUT2D eigenvalue weighted by atomic mass is 79.9. The molecule has 1 aliphatic heterocycles. The topological polar surface area (TPSA) is 37.7 Å². The van der Waals surface area contributed by atoms with E-state index < -0.39 is 0 Å². The Morgan fingerprint density at radius 2 is 1.60 bits per heavy atom. The number of ether oxygens (including phenoxy) is 1. The van der Waals surface area contributed by atoms with Gasteiger partial charge in [0.1, 0.15) is 17.4 Å². The maximum absolute atomic E-state index is 5.94. The molecule has 2 heterocycles. The molecule has 4 nitrogen and oxygen atoms in total. The second-order valence-corrected chi connectivity index (χ2v) is 13.6. The number of thiazole rings is 1. The third kappa shape index (κ3) is 8.17. The normalized spacial score (nSPS) is 16.2. The van der Waals surface area contributed by atoms with Gasteiger partial charge >= 0.3 is 0 Å². The number of nitrogens with zero attached hydrogens (tertiary/aromatic N) is 3. The molecule has 0 atom stereocenters. The molecule has 0 unspecified atom stereocenters. The Hall–Kier alpha value is -1.90. The molecule has 4 aromatic rings. The molecule has 1 aliphatic carbocycles. The summed E-state index contributed by atoms with van der Waals surface area (Å²) in [6.07, 6.45) is 11.9. The summed E-state index contributed by atoms with van der Waals surface area (Å²) in [5.41, 5.74) is 6.06. The lowest BCUT2D eigenvalue weighted by Gasteiger charge is -2.45. The van der Waals surface area contributed by atoms with Crippen LogP contribution in [-0.2, 0) is 6.61 Å². The summed E-state index contributed by atoms with van der Waals surface area (Å²) in [5.74, 6) is 0.802. The second kappa shape index (κ2) is 15.2. The van der Waals surface area contributed by atoms with Gasteiger partial charge in [-0.15, -0.1) is 36.2 Å². The van der Waals surface area contributed by atoms with Crippen molar-refractivity contribution in [1.29, 1.82) is 0 Å². The van der Waals surface area contributed by atoms with Crippen molar-refractivity contribution in [3.05, 3.63) is 91.6 Å². The highest BCUT2D eigenvalue weighted by Crippen LogP contribution is 2.45. The van der Waals surface area contributed by atoms with Gasteiger partial charge in [0.05, 0.1) is 15.9 Å². The average Bonchev–Trinajstić information content (AvgIpc) is 3.46. The fraction of sp³-hybridized carbons (Fsp3) is 0.333. The van der Waals surface area contributed by atoms with Gasteiger partial charge in [-0.05, 0) is 95.1 Å². The molecule has 6 rings (SSSR count). The van der Waals surface area contributed by atoms with Crippen molar-refractivity contribution in [2.75, 3.05) is 18.0 Å². The van der Waals surface area contributed by atoms with Gasteiger partial charge in [-0.25, -0.2) is 4.98 Å². The summed E-state index contributed by atoms with van der Waals surface area (Å²) < 4.78 is 7.87. The largest absolute Gasteiger partial charge is 0.485 e. The predicted molar refractivity (Wildman–Crippen MR) is 189 cm³/mol. The summed E-state index contributed by atoms with van der Waals surface area (Å²) in [6.45, 7) is 2.82. The summed E-state index contributed by atoms with van der Waals surface area (Å²) in [4.78, 5) is 12.0. The van der Waals surface area contributed by atoms with Crippen LogP contribution in [0, 0.1) is 5.41 Å². The van der Waals surface area contributed by atoms with Gasteiger partial charge in [-0.3, -0.25) is 4.99 Å². The van der Waals surface area contributed by atoms with E-state index >= 15 is 0 Å². The molecule has 1 saturated carbocycles. The Morgan fingerprint density at radius 3 is 2.29 bits per heavy atom. The molecular weight excluding hydrogens is 717 g/mol. The zero-order chi connectivity index (χ0) is 27.4. The van der Waals surface area contributed by atoms with Crippen LogP contribution in [0.2, 0.25) is 0 Å². The molecule has 1 aromatic heterocycles. The standard InChI is InChI=1S/C33H33Br2N3OS.2ClH/c34-26-8-13-31(29(35)20-26)39-22-32-37-30(23-40-32)25-6-9-27(10-7-25)36-21-24-4-11-28(12-5-24)38-18-16-33(17-19-38)14-2-1-3-15-33;;/h4-13,20-21,23H,1-3,14-19,22H2;2*1H. The van der Waals surface area contributed by atoms with E-state index in [0.29, 0.717) is 12.0 Å². The van der Waals surface area contributed by atoms with E-state index in [2.05, 4.69) is 78.5 Å². The molecule has 0 radical (unpaired) electrons. The number of benzene rings is 3. The number of aromatic nitrogens is 1. The lowest BCUT2D eigenvalue weighted by molar-refractivity contribution is 0.144. The summed E-state index contributed by atoms with van der Waals surface area (Å²) >= 11 is 8.62. The number of hydrogen-bond acceptors (Lipinski definition) is 5. The first-order valence-corrected chi connectivity index (χ1v) is 16.5. The van der Waals surface area contributed by atoms with Crippen molar-refractivity contribution in [3.63, 3.8) is 0 Å². The maximum atomic E-state index is 5.94. The zero-order valence-electron chi connectivity index (χ0n) is 23.3. The first-order valence-electron chi connectivity index (χ1n) is 14.1. The van der Waals surface area contributed by atoms with Gasteiger partial charge in [-0.2, -0.15) is 0 Å². The third-order valence-corrected chi connectivity index (χ3v) is 10.3. The molecule has 0 N–H and O–H groups in total. The number of halogens is 4. The summed E-state index contributed by atoms with van der Waals surface area (Å²) in [7, 11) is 0. The molecule has 9 heteroatoms. The van der Waals surface area contributed by atoms with Gasteiger partial charge in [0.15, 0.2) is 0 Å². The number of hydrogen-bond donors (Lipinski definition) is 0. The summed E-state index contributed by atoms with van der Waals surface area (Å²) in [5, 5.41) is 3.01. The van der Waals surface area contributed by atoms with Crippen molar-refractivity contribution in [3.8, 4) is 17.0 Å². The van der Waals surface area contributed by atoms with E-state index in [1.165, 1.54) is 63.7 Å². The van der Waals surface area contributed by atoms with E-state index in [4.69, 9.17) is 14.7 Å². The Morgan fingerprint density at radius 1 is 0.881 bits per heavy atom. The quantitative estimate of drug-likeness (QED) is 0.177. The number of piperidine rings is 1. The van der Waals surface area contributed by atoms with Gasteiger partial charge < -0.3 is 9.64 Å². The summed E-state index contributed by atoms with van der Waals surface area (Å²) in [6, 6.07) is 23.0. The van der Waals surface area contributed by atoms with Crippen molar-refractivity contribution < 1.29 is 4.74 Å². The van der Waals surface area contributed by atoms with Crippen LogP contribution in [0.3, 0.4) is 0 Å². The number of aliphatic imine (C=N–C) groups is 1. The lowest BCUT2D eigenvalue weighted by Crippen LogP contribution is -2.41. The first kappa shape index (κ1) is 33.0. The Bertz CT molecular complexity index is 1460. The molecule has 42 heavy (non-hydrogen) atoms. The highest BCUT2D eigenvalue weighted by molar-refractivity contribution is 9.11. The van der Waals surface area contributed by atoms with Crippen LogP contribution in [-0.4, -0.2) is 24.3 Å². The fourth-order valence-corrected chi connectivity index (χ4v) is 7.80. The average molecular weight is 752 g/mol. The van der Waals surface area contributed by atoms with Gasteiger partial charge in [-0.1, -0.05) is 59.5 Å². The van der Waals surface area contributed by atoms with Crippen molar-refractivity contribution >= 4 is 85.6 Å². The van der Waals surface area contributed by atoms with Crippen LogP contribution in [0.5, 0.6) is 5.75 Å². The minimum absolute atomic E-state index is 0. The monoisotopic (exact) mass is 749 g/mol. The van der Waals surface area contributed by atoms with Gasteiger partial charge in [0.25, 0.3) is 0 Å². The number of rotatable bonds is 7. The van der Waals surface area contributed by atoms with Crippen LogP contribution in [0.25, 0.3) is 11.3 Å². The third-order valence-electron chi connectivity index (χ3n) is 8.32. The number of anilines is 1. The first-order chi connectivity index (χ1) is 19.6. The maximum Gasteiger partial charge on any atom is 0.140 e. The van der Waals surface area contributed by atoms with Gasteiger partial charge in [0, 0.05) is 40.4 Å². The van der Waals surface area contributed by atoms with Gasteiger partial charge in [0.2, 0.25) is 0 Å². The van der Waals surface area contributed by atoms with Crippen LogP contribution in [0.1, 0.15) is 55.5 Å². The molecule has 222 valence electrons. The van der Waals surface area contributed by atoms with E-state index in [1.807, 2.05) is 36.5 Å². The Labute approximate surface area is 282 Å². The predicted octanol–water partition coefficient (Wildman–Crippen LogP) is 11.1. The van der Waals surface area contributed by atoms with E-state index in [0.717, 1.165) is 42.2 Å². The van der Waals surface area contributed by atoms with Crippen LogP contribution >= 0.6 is 68.0 Å². The van der Waals surface area contributed by atoms with Crippen LogP contribution in [0.4, 0.5) is 11.4 Å². The minimum atomic E-state index is 0. The molecule has 0 bridgehead atoms. The lowest BCUT2D eigenvalue weighted by atomic mass is 9.68. The minimum Gasteiger partial charge on any atom is -0.485 e. The Balaban J connectivity index is 0.00000202. The fourth-order valence-electron chi connectivity index (χ4n) is 5.92. The second-order valence-electron chi connectivity index (χ2n) is 10.9. The van der Waals surface area contributed by atoms with Crippen molar-refractivity contribution in [2.45, 2.75) is 51.6 Å². The highest BCUT2D eigenvalue weighted by Gasteiger charge is 2.35. The van der Waals surface area contributed by atoms with E-state index in [1.54, 1.807) is 11.3 Å². The molecule has 1 spiro atoms. The molecular formula is C33H35Br2Cl2N3OS. The van der Waals surface area contributed by atoms with Crippen molar-refractivity contribution in [2.24, 2.45) is 10.4 Å².